The molecular formula is C14H8BrClN2OS. The number of aliphatic imine (C=N–C) groups is 1. The number of aromatic hydroxyl groups is 1. The van der Waals surface area contributed by atoms with Crippen LogP contribution in [0.15, 0.2) is 45.9 Å². The topological polar surface area (TPSA) is 45.5 Å². The van der Waals surface area contributed by atoms with Crippen LogP contribution in [0.4, 0.5) is 5.13 Å². The van der Waals surface area contributed by atoms with Crippen LogP contribution in [0.2, 0.25) is 5.02 Å². The van der Waals surface area contributed by atoms with Crippen LogP contribution in [0.3, 0.4) is 0 Å². The minimum absolute atomic E-state index is 0.182. The van der Waals surface area contributed by atoms with Crippen molar-refractivity contribution in [3.05, 3.63) is 51.5 Å². The Bertz CT molecular complexity index is 816. The average molecular weight is 368 g/mol. The molecular weight excluding hydrogens is 360 g/mol. The Morgan fingerprint density at radius 2 is 2.10 bits per heavy atom. The van der Waals surface area contributed by atoms with Crippen LogP contribution >= 0.6 is 38.9 Å². The van der Waals surface area contributed by atoms with E-state index in [4.69, 9.17) is 11.6 Å². The number of halogens is 2. The molecule has 0 radical (unpaired) electrons. The van der Waals surface area contributed by atoms with Crippen LogP contribution in [0.25, 0.3) is 10.2 Å². The quantitative estimate of drug-likeness (QED) is 0.635. The molecule has 0 aliphatic rings. The molecule has 0 amide bonds. The lowest BCUT2D eigenvalue weighted by Crippen LogP contribution is -1.81. The van der Waals surface area contributed by atoms with E-state index < -0.39 is 0 Å². The van der Waals surface area contributed by atoms with Crippen molar-refractivity contribution in [1.82, 2.24) is 4.98 Å². The highest BCUT2D eigenvalue weighted by atomic mass is 79.9. The highest BCUT2D eigenvalue weighted by Crippen LogP contribution is 2.30. The SMILES string of the molecule is Oc1ccc(Br)cc1/C=N/c1nc2ccc(Cl)cc2s1. The number of thiazole rings is 1. The first-order chi connectivity index (χ1) is 9.61. The third-order valence-corrected chi connectivity index (χ3v) is 4.30. The van der Waals surface area contributed by atoms with E-state index in [0.717, 1.165) is 14.7 Å². The van der Waals surface area contributed by atoms with Gasteiger partial charge in [-0.2, -0.15) is 0 Å². The molecule has 100 valence electrons. The maximum Gasteiger partial charge on any atom is 0.210 e. The van der Waals surface area contributed by atoms with Crippen LogP contribution in [-0.4, -0.2) is 16.3 Å². The number of rotatable bonds is 2. The fraction of sp³-hybridized carbons (Fsp3) is 0. The zero-order chi connectivity index (χ0) is 14.1. The van der Waals surface area contributed by atoms with Gasteiger partial charge in [-0.05, 0) is 36.4 Å². The van der Waals surface area contributed by atoms with Crippen LogP contribution in [-0.2, 0) is 0 Å². The molecule has 0 bridgehead atoms. The van der Waals surface area contributed by atoms with Gasteiger partial charge < -0.3 is 5.11 Å². The Hall–Kier alpha value is -1.43. The molecule has 0 aliphatic heterocycles. The highest BCUT2D eigenvalue weighted by molar-refractivity contribution is 9.10. The molecule has 0 aliphatic carbocycles. The summed E-state index contributed by atoms with van der Waals surface area (Å²) >= 11 is 10.8. The smallest absolute Gasteiger partial charge is 0.210 e. The van der Waals surface area contributed by atoms with Gasteiger partial charge in [0.25, 0.3) is 0 Å². The van der Waals surface area contributed by atoms with Gasteiger partial charge in [0.2, 0.25) is 5.13 Å². The summed E-state index contributed by atoms with van der Waals surface area (Å²) in [6, 6.07) is 10.7. The number of aromatic nitrogens is 1. The second-order valence-corrected chi connectivity index (χ2v) is 6.43. The van der Waals surface area contributed by atoms with Gasteiger partial charge in [0.15, 0.2) is 0 Å². The van der Waals surface area contributed by atoms with E-state index in [1.165, 1.54) is 11.3 Å². The molecule has 0 unspecified atom stereocenters. The maximum atomic E-state index is 9.74. The van der Waals surface area contributed by atoms with E-state index in [1.54, 1.807) is 30.5 Å². The van der Waals surface area contributed by atoms with E-state index in [-0.39, 0.29) is 5.75 Å². The number of nitrogens with zero attached hydrogens (tertiary/aromatic N) is 2. The molecule has 1 heterocycles. The largest absolute Gasteiger partial charge is 0.507 e. The molecule has 0 fully saturated rings. The molecule has 2 aromatic carbocycles. The summed E-state index contributed by atoms with van der Waals surface area (Å²) in [4.78, 5) is 8.69. The second kappa shape index (κ2) is 5.52. The van der Waals surface area contributed by atoms with Gasteiger partial charge in [-0.25, -0.2) is 9.98 Å². The monoisotopic (exact) mass is 366 g/mol. The van der Waals surface area contributed by atoms with Crippen molar-refractivity contribution in [2.75, 3.05) is 0 Å². The first-order valence-corrected chi connectivity index (χ1v) is 7.69. The predicted molar refractivity (Wildman–Crippen MR) is 87.7 cm³/mol. The molecule has 3 nitrogen and oxygen atoms in total. The third-order valence-electron chi connectivity index (χ3n) is 2.64. The van der Waals surface area contributed by atoms with E-state index in [1.807, 2.05) is 12.1 Å². The highest BCUT2D eigenvalue weighted by Gasteiger charge is 2.04. The van der Waals surface area contributed by atoms with Gasteiger partial charge >= 0.3 is 0 Å². The number of fused-ring (bicyclic) bond motifs is 1. The molecule has 3 rings (SSSR count). The fourth-order valence-corrected chi connectivity index (χ4v) is 3.16. The summed E-state index contributed by atoms with van der Waals surface area (Å²) in [5.74, 6) is 0.182. The molecule has 3 aromatic rings. The van der Waals surface area contributed by atoms with E-state index in [2.05, 4.69) is 25.9 Å². The van der Waals surface area contributed by atoms with Crippen LogP contribution in [0, 0.1) is 0 Å². The van der Waals surface area contributed by atoms with Gasteiger partial charge in [0, 0.05) is 21.3 Å². The molecule has 20 heavy (non-hydrogen) atoms. The Morgan fingerprint density at radius 1 is 1.25 bits per heavy atom. The van der Waals surface area contributed by atoms with E-state index >= 15 is 0 Å². The Kier molecular flexibility index (Phi) is 3.74. The summed E-state index contributed by atoms with van der Waals surface area (Å²) in [7, 11) is 0. The minimum atomic E-state index is 0.182. The van der Waals surface area contributed by atoms with E-state index in [9.17, 15) is 5.11 Å². The van der Waals surface area contributed by atoms with Gasteiger partial charge in [-0.1, -0.05) is 38.9 Å². The normalized spacial score (nSPS) is 11.5. The van der Waals surface area contributed by atoms with Gasteiger partial charge in [-0.3, -0.25) is 0 Å². The lowest BCUT2D eigenvalue weighted by Gasteiger charge is -1.97. The van der Waals surface area contributed by atoms with Crippen molar-refractivity contribution in [1.29, 1.82) is 0 Å². The van der Waals surface area contributed by atoms with Crippen molar-refractivity contribution in [3.63, 3.8) is 0 Å². The summed E-state index contributed by atoms with van der Waals surface area (Å²) in [5, 5.41) is 11.1. The Morgan fingerprint density at radius 3 is 2.95 bits per heavy atom. The molecule has 0 saturated carbocycles. The van der Waals surface area contributed by atoms with Gasteiger partial charge in [0.1, 0.15) is 5.75 Å². The molecule has 1 N–H and O–H groups in total. The van der Waals surface area contributed by atoms with Crippen molar-refractivity contribution >= 4 is 60.4 Å². The van der Waals surface area contributed by atoms with Crippen molar-refractivity contribution in [3.8, 4) is 5.75 Å². The minimum Gasteiger partial charge on any atom is -0.507 e. The van der Waals surface area contributed by atoms with E-state index in [0.29, 0.717) is 15.7 Å². The Labute approximate surface area is 132 Å². The molecule has 0 atom stereocenters. The van der Waals surface area contributed by atoms with Gasteiger partial charge in [-0.15, -0.1) is 0 Å². The summed E-state index contributed by atoms with van der Waals surface area (Å²) in [6.07, 6.45) is 1.60. The second-order valence-electron chi connectivity index (χ2n) is 4.07. The molecule has 0 spiro atoms. The van der Waals surface area contributed by atoms with Gasteiger partial charge in [0.05, 0.1) is 10.2 Å². The zero-order valence-corrected chi connectivity index (χ0v) is 13.2. The van der Waals surface area contributed by atoms with Crippen LogP contribution < -0.4 is 0 Å². The lowest BCUT2D eigenvalue weighted by molar-refractivity contribution is 0.474. The number of hydrogen-bond acceptors (Lipinski definition) is 4. The summed E-state index contributed by atoms with van der Waals surface area (Å²) in [5.41, 5.74) is 1.50. The summed E-state index contributed by atoms with van der Waals surface area (Å²) in [6.45, 7) is 0. The number of phenolic OH excluding ortho intramolecular Hbond substituents is 1. The average Bonchev–Trinajstić information content (AvgIpc) is 2.81. The fourth-order valence-electron chi connectivity index (χ4n) is 1.70. The van der Waals surface area contributed by atoms with Crippen molar-refractivity contribution < 1.29 is 5.11 Å². The van der Waals surface area contributed by atoms with Crippen molar-refractivity contribution in [2.45, 2.75) is 0 Å². The predicted octanol–water partition coefficient (Wildman–Crippen LogP) is 5.17. The molecule has 6 heteroatoms. The van der Waals surface area contributed by atoms with Crippen molar-refractivity contribution in [2.24, 2.45) is 4.99 Å². The zero-order valence-electron chi connectivity index (χ0n) is 10.0. The molecule has 1 aromatic heterocycles. The number of phenols is 1. The lowest BCUT2D eigenvalue weighted by atomic mass is 10.2. The van der Waals surface area contributed by atoms with Crippen LogP contribution in [0.1, 0.15) is 5.56 Å². The first-order valence-electron chi connectivity index (χ1n) is 5.70. The number of benzene rings is 2. The first kappa shape index (κ1) is 13.5. The van der Waals surface area contributed by atoms with Crippen LogP contribution in [0.5, 0.6) is 5.75 Å². The summed E-state index contributed by atoms with van der Waals surface area (Å²) < 4.78 is 1.87. The molecule has 0 saturated heterocycles. The third kappa shape index (κ3) is 2.85. The standard InChI is InChI=1S/C14H8BrClN2OS/c15-9-1-4-12(19)8(5-9)7-17-14-18-11-3-2-10(16)6-13(11)20-14/h1-7,19H/b17-7+. The Balaban J connectivity index is 1.96. The number of hydrogen-bond donors (Lipinski definition) is 1. The maximum absolute atomic E-state index is 9.74.